The molecule has 0 atom stereocenters. The number of hydrogen-bond acceptors (Lipinski definition) is 2. The van der Waals surface area contributed by atoms with Gasteiger partial charge >= 0.3 is 0 Å². The van der Waals surface area contributed by atoms with Gasteiger partial charge in [-0.15, -0.1) is 0 Å². The zero-order chi connectivity index (χ0) is 13.1. The molecule has 3 N–H and O–H groups in total. The molecule has 0 amide bonds. The predicted molar refractivity (Wildman–Crippen MR) is 74.0 cm³/mol. The van der Waals surface area contributed by atoms with Crippen LogP contribution in [0.15, 0.2) is 65.1 Å². The third-order valence-electron chi connectivity index (χ3n) is 2.97. The highest BCUT2D eigenvalue weighted by atomic mass is 35.5. The van der Waals surface area contributed by atoms with Crippen molar-refractivity contribution >= 4 is 0 Å². The molecule has 0 spiro atoms. The molecule has 1 heterocycles. The molecular weight excluding hydrogens is 272 g/mol. The van der Waals surface area contributed by atoms with Gasteiger partial charge in [-0.2, -0.15) is 0 Å². The lowest BCUT2D eigenvalue weighted by atomic mass is 10.1. The second kappa shape index (κ2) is 6.37. The van der Waals surface area contributed by atoms with Crippen molar-refractivity contribution in [2.24, 2.45) is 0 Å². The number of halogens is 1. The molecular formula is C16H15ClN2O. The van der Waals surface area contributed by atoms with Crippen molar-refractivity contribution in [1.29, 1.82) is 0 Å². The Labute approximate surface area is 123 Å². The van der Waals surface area contributed by atoms with Crippen LogP contribution < -0.4 is 18.1 Å². The summed E-state index contributed by atoms with van der Waals surface area (Å²) in [6.45, 7) is 0.548. The lowest BCUT2D eigenvalue weighted by Crippen LogP contribution is -3.00. The molecule has 3 aromatic rings. The molecule has 0 aliphatic carbocycles. The van der Waals surface area contributed by atoms with E-state index in [4.69, 9.17) is 4.42 Å². The van der Waals surface area contributed by atoms with Crippen molar-refractivity contribution in [2.45, 2.75) is 6.54 Å². The Balaban J connectivity index is 0.00000147. The molecule has 0 aliphatic rings. The maximum absolute atomic E-state index is 5.83. The number of nitrogens with zero attached hydrogens (tertiary/aromatic N) is 1. The first-order valence-electron chi connectivity index (χ1n) is 6.28. The Morgan fingerprint density at radius 3 is 1.95 bits per heavy atom. The van der Waals surface area contributed by atoms with E-state index >= 15 is 0 Å². The minimum absolute atomic E-state index is 0. The summed E-state index contributed by atoms with van der Waals surface area (Å²) in [5.74, 6) is 1.48. The first-order chi connectivity index (χ1) is 9.38. The third-order valence-corrected chi connectivity index (χ3v) is 2.97. The summed E-state index contributed by atoms with van der Waals surface area (Å²) in [5.41, 5.74) is 6.82. The van der Waals surface area contributed by atoms with Gasteiger partial charge in [-0.05, 0) is 0 Å². The lowest BCUT2D eigenvalue weighted by molar-refractivity contribution is -0.391. The van der Waals surface area contributed by atoms with E-state index in [1.807, 2.05) is 60.7 Å². The Morgan fingerprint density at radius 2 is 1.40 bits per heavy atom. The molecule has 0 fully saturated rings. The minimum Gasteiger partial charge on any atom is -1.00 e. The van der Waals surface area contributed by atoms with Crippen LogP contribution in [0.25, 0.3) is 22.6 Å². The van der Waals surface area contributed by atoms with E-state index in [0.717, 1.165) is 22.6 Å². The number of oxazole rings is 1. The maximum atomic E-state index is 5.83. The van der Waals surface area contributed by atoms with Gasteiger partial charge in [0.05, 0.1) is 0 Å². The smallest absolute Gasteiger partial charge is 0.251 e. The van der Waals surface area contributed by atoms with E-state index in [0.29, 0.717) is 12.4 Å². The van der Waals surface area contributed by atoms with Crippen molar-refractivity contribution in [2.75, 3.05) is 0 Å². The van der Waals surface area contributed by atoms with Crippen molar-refractivity contribution in [3.05, 3.63) is 66.6 Å². The topological polar surface area (TPSA) is 53.7 Å². The summed E-state index contributed by atoms with van der Waals surface area (Å²) < 4.78 is 5.83. The quantitative estimate of drug-likeness (QED) is 0.722. The van der Waals surface area contributed by atoms with Gasteiger partial charge in [0.2, 0.25) is 0 Å². The molecule has 4 heteroatoms. The van der Waals surface area contributed by atoms with Gasteiger partial charge in [0.15, 0.2) is 12.3 Å². The molecule has 3 rings (SSSR count). The second-order valence-electron chi connectivity index (χ2n) is 4.27. The number of benzene rings is 2. The Hall–Kier alpha value is -2.10. The van der Waals surface area contributed by atoms with Crippen LogP contribution in [0.2, 0.25) is 0 Å². The van der Waals surface area contributed by atoms with E-state index in [1.165, 1.54) is 0 Å². The zero-order valence-corrected chi connectivity index (χ0v) is 11.7. The van der Waals surface area contributed by atoms with Gasteiger partial charge < -0.3 is 22.6 Å². The van der Waals surface area contributed by atoms with Gasteiger partial charge in [-0.3, -0.25) is 0 Å². The van der Waals surface area contributed by atoms with Crippen molar-refractivity contribution < 1.29 is 22.6 Å². The van der Waals surface area contributed by atoms with Crippen LogP contribution in [0, 0.1) is 0 Å². The average molecular weight is 287 g/mol. The van der Waals surface area contributed by atoms with Crippen LogP contribution in [0.3, 0.4) is 0 Å². The fourth-order valence-electron chi connectivity index (χ4n) is 2.05. The van der Waals surface area contributed by atoms with Crippen LogP contribution in [0.1, 0.15) is 5.89 Å². The first kappa shape index (κ1) is 14.3. The van der Waals surface area contributed by atoms with Crippen LogP contribution >= 0.6 is 0 Å². The summed E-state index contributed by atoms with van der Waals surface area (Å²) in [6, 6.07) is 20.1. The largest absolute Gasteiger partial charge is 1.00 e. The van der Waals surface area contributed by atoms with E-state index in [-0.39, 0.29) is 12.4 Å². The fourth-order valence-corrected chi connectivity index (χ4v) is 2.05. The molecule has 0 radical (unpaired) electrons. The van der Waals surface area contributed by atoms with E-state index in [1.54, 1.807) is 0 Å². The molecule has 0 bridgehead atoms. The lowest BCUT2D eigenvalue weighted by Gasteiger charge is -2.00. The second-order valence-corrected chi connectivity index (χ2v) is 4.27. The van der Waals surface area contributed by atoms with Gasteiger partial charge in [-0.25, -0.2) is 4.98 Å². The summed E-state index contributed by atoms with van der Waals surface area (Å²) in [5, 5.41) is 0. The summed E-state index contributed by atoms with van der Waals surface area (Å²) >= 11 is 0. The van der Waals surface area contributed by atoms with Gasteiger partial charge in [0, 0.05) is 11.1 Å². The molecule has 2 aromatic carbocycles. The Bertz CT molecular complexity index is 608. The first-order valence-corrected chi connectivity index (χ1v) is 6.28. The van der Waals surface area contributed by atoms with Crippen LogP contribution in [-0.4, -0.2) is 4.98 Å². The maximum Gasteiger partial charge on any atom is 0.251 e. The average Bonchev–Trinajstić information content (AvgIpc) is 2.93. The van der Waals surface area contributed by atoms with E-state index in [9.17, 15) is 0 Å². The number of quaternary nitrogens is 1. The van der Waals surface area contributed by atoms with Crippen molar-refractivity contribution in [1.82, 2.24) is 4.98 Å². The highest BCUT2D eigenvalue weighted by molar-refractivity contribution is 5.76. The molecule has 20 heavy (non-hydrogen) atoms. The van der Waals surface area contributed by atoms with Gasteiger partial charge in [-0.1, -0.05) is 60.7 Å². The minimum atomic E-state index is 0. The molecule has 0 saturated heterocycles. The van der Waals surface area contributed by atoms with Crippen LogP contribution in [0.5, 0.6) is 0 Å². The van der Waals surface area contributed by atoms with Crippen molar-refractivity contribution in [3.63, 3.8) is 0 Å². The van der Waals surface area contributed by atoms with Gasteiger partial charge in [0.25, 0.3) is 5.89 Å². The third kappa shape index (κ3) is 2.74. The number of rotatable bonds is 3. The standard InChI is InChI=1S/C16H14N2O.ClH/c17-11-14-18-15(12-7-3-1-4-8-12)16(19-14)13-9-5-2-6-10-13;/h1-10H,11,17H2;1H. The number of aromatic nitrogens is 1. The molecule has 0 aliphatic heterocycles. The molecule has 1 aromatic heterocycles. The molecule has 0 unspecified atom stereocenters. The monoisotopic (exact) mass is 286 g/mol. The van der Waals surface area contributed by atoms with Crippen LogP contribution in [0.4, 0.5) is 0 Å². The van der Waals surface area contributed by atoms with Crippen LogP contribution in [-0.2, 0) is 6.54 Å². The SMILES string of the molecule is [Cl-].[NH3+]Cc1nc(-c2ccccc2)c(-c2ccccc2)o1. The predicted octanol–water partition coefficient (Wildman–Crippen LogP) is -0.245. The highest BCUT2D eigenvalue weighted by Crippen LogP contribution is 2.32. The number of hydrogen-bond donors (Lipinski definition) is 1. The molecule has 0 saturated carbocycles. The summed E-state index contributed by atoms with van der Waals surface area (Å²) in [6.07, 6.45) is 0. The highest BCUT2D eigenvalue weighted by Gasteiger charge is 2.16. The summed E-state index contributed by atoms with van der Waals surface area (Å²) in [4.78, 5) is 4.55. The Kier molecular flexibility index (Phi) is 4.56. The fraction of sp³-hybridized carbons (Fsp3) is 0.0625. The van der Waals surface area contributed by atoms with Crippen molar-refractivity contribution in [3.8, 4) is 22.6 Å². The van der Waals surface area contributed by atoms with E-state index < -0.39 is 0 Å². The normalized spacial score (nSPS) is 10.1. The Morgan fingerprint density at radius 1 is 0.850 bits per heavy atom. The van der Waals surface area contributed by atoms with E-state index in [2.05, 4.69) is 10.7 Å². The molecule has 3 nitrogen and oxygen atoms in total. The molecule has 102 valence electrons. The summed E-state index contributed by atoms with van der Waals surface area (Å²) in [7, 11) is 0. The zero-order valence-electron chi connectivity index (χ0n) is 10.9. The van der Waals surface area contributed by atoms with Gasteiger partial charge in [0.1, 0.15) is 5.69 Å².